The number of hydrogen-bond acceptors (Lipinski definition) is 7. The number of nitrogens with one attached hydrogen (secondary N) is 3. The number of esters is 1. The van der Waals surface area contributed by atoms with E-state index in [-0.39, 0.29) is 5.97 Å². The van der Waals surface area contributed by atoms with E-state index in [0.717, 1.165) is 51.3 Å². The lowest BCUT2D eigenvalue weighted by Gasteiger charge is -2.27. The molecule has 0 aliphatic rings. The summed E-state index contributed by atoms with van der Waals surface area (Å²) in [5, 5.41) is 4.45. The first kappa shape index (κ1) is 24.3. The van der Waals surface area contributed by atoms with E-state index in [1.54, 1.807) is 0 Å². The molecule has 0 amide bonds. The normalized spacial score (nSPS) is 12.2. The Bertz CT molecular complexity index is 1540. The van der Waals surface area contributed by atoms with E-state index in [2.05, 4.69) is 55.3 Å². The van der Waals surface area contributed by atoms with Crippen molar-refractivity contribution in [2.45, 2.75) is 26.4 Å². The molecule has 0 fully saturated rings. The number of ether oxygens (including phenoxy) is 1. The molecule has 3 heterocycles. The van der Waals surface area contributed by atoms with E-state index in [4.69, 9.17) is 10.5 Å². The van der Waals surface area contributed by atoms with Gasteiger partial charge < -0.3 is 25.3 Å². The molecule has 0 saturated heterocycles. The van der Waals surface area contributed by atoms with Crippen molar-refractivity contribution in [3.63, 3.8) is 0 Å². The first-order chi connectivity index (χ1) is 17.9. The minimum atomic E-state index is -0.473. The van der Waals surface area contributed by atoms with Gasteiger partial charge in [-0.2, -0.15) is 0 Å². The fourth-order valence-electron chi connectivity index (χ4n) is 4.65. The third-order valence-electron chi connectivity index (χ3n) is 6.52. The molecule has 190 valence electrons. The van der Waals surface area contributed by atoms with Crippen LogP contribution in [0.5, 0.6) is 0 Å². The van der Waals surface area contributed by atoms with Gasteiger partial charge in [-0.15, -0.1) is 0 Å². The van der Waals surface area contributed by atoms with E-state index in [0.29, 0.717) is 24.6 Å². The molecule has 2 aromatic carbocycles. The highest BCUT2D eigenvalue weighted by Gasteiger charge is 2.22. The van der Waals surface area contributed by atoms with Crippen LogP contribution in [0.25, 0.3) is 33.3 Å². The van der Waals surface area contributed by atoms with Crippen LogP contribution in [-0.4, -0.2) is 52.1 Å². The summed E-state index contributed by atoms with van der Waals surface area (Å²) < 4.78 is 5.09. The van der Waals surface area contributed by atoms with Crippen molar-refractivity contribution in [3.05, 3.63) is 72.1 Å². The van der Waals surface area contributed by atoms with E-state index in [1.165, 1.54) is 7.11 Å². The summed E-state index contributed by atoms with van der Waals surface area (Å²) >= 11 is 0. The number of rotatable bonds is 9. The number of H-pyrrole nitrogens is 2. The molecule has 0 spiro atoms. The van der Waals surface area contributed by atoms with Crippen LogP contribution in [0.1, 0.15) is 18.3 Å². The molecule has 0 bridgehead atoms. The summed E-state index contributed by atoms with van der Waals surface area (Å²) in [5.74, 6) is 0.921. The largest absolute Gasteiger partial charge is 0.468 e. The molecule has 0 radical (unpaired) electrons. The lowest BCUT2D eigenvalue weighted by atomic mass is 10.1. The average molecular weight is 498 g/mol. The minimum Gasteiger partial charge on any atom is -0.468 e. The zero-order valence-corrected chi connectivity index (χ0v) is 21.2. The summed E-state index contributed by atoms with van der Waals surface area (Å²) in [5.41, 5.74) is 12.5. The third kappa shape index (κ3) is 5.12. The molecule has 0 aliphatic heterocycles. The number of carbonyl (C=O) groups excluding carboxylic acids is 1. The van der Waals surface area contributed by atoms with Crippen molar-refractivity contribution < 1.29 is 9.53 Å². The second kappa shape index (κ2) is 10.3. The van der Waals surface area contributed by atoms with Crippen LogP contribution in [0.15, 0.2) is 60.7 Å². The molecule has 5 rings (SSSR count). The van der Waals surface area contributed by atoms with Gasteiger partial charge in [0.2, 0.25) is 0 Å². The van der Waals surface area contributed by atoms with Crippen LogP contribution in [0, 0.1) is 6.92 Å². The molecule has 0 aliphatic carbocycles. The fraction of sp³-hybridized carbons (Fsp3) is 0.250. The number of aryl methyl sites for hydroxylation is 1. The molecule has 0 unspecified atom stereocenters. The molecule has 37 heavy (non-hydrogen) atoms. The van der Waals surface area contributed by atoms with Crippen molar-refractivity contribution in [3.8, 4) is 11.3 Å². The second-order valence-electron chi connectivity index (χ2n) is 9.05. The van der Waals surface area contributed by atoms with Gasteiger partial charge in [-0.3, -0.25) is 10.1 Å². The number of anilines is 2. The number of hydrogen-bond donors (Lipinski definition) is 4. The Hall–Kier alpha value is -4.37. The van der Waals surface area contributed by atoms with Gasteiger partial charge in [-0.25, -0.2) is 9.97 Å². The van der Waals surface area contributed by atoms with E-state index >= 15 is 0 Å². The second-order valence-corrected chi connectivity index (χ2v) is 9.05. The number of aromatic amines is 2. The number of likely N-dealkylation sites (N-methyl/N-ethyl adjacent to an activating group) is 1. The number of benzene rings is 2. The molecule has 5 aromatic rings. The third-order valence-corrected chi connectivity index (χ3v) is 6.52. The lowest BCUT2D eigenvalue weighted by Crippen LogP contribution is -2.46. The van der Waals surface area contributed by atoms with Crippen molar-refractivity contribution in [1.82, 2.24) is 25.3 Å². The Kier molecular flexibility index (Phi) is 6.78. The molecular formula is C28H31N7O2. The number of carbonyl (C=O) groups is 1. The smallest absolute Gasteiger partial charge is 0.324 e. The van der Waals surface area contributed by atoms with Crippen LogP contribution in [0.4, 0.5) is 11.5 Å². The number of pyridine rings is 1. The Labute approximate surface area is 215 Å². The Morgan fingerprint density at radius 3 is 2.68 bits per heavy atom. The van der Waals surface area contributed by atoms with Gasteiger partial charge >= 0.3 is 5.97 Å². The highest BCUT2D eigenvalue weighted by atomic mass is 16.5. The maximum Gasteiger partial charge on any atom is 0.324 e. The van der Waals surface area contributed by atoms with Gasteiger partial charge in [0.05, 0.1) is 12.6 Å². The van der Waals surface area contributed by atoms with Crippen LogP contribution in [0.3, 0.4) is 0 Å². The number of fused-ring (bicyclic) bond motifs is 2. The van der Waals surface area contributed by atoms with Gasteiger partial charge in [-0.05, 0) is 55.8 Å². The molecule has 9 heteroatoms. The average Bonchev–Trinajstić information content (AvgIpc) is 3.50. The van der Waals surface area contributed by atoms with Crippen LogP contribution < -0.4 is 16.0 Å². The number of aromatic nitrogens is 4. The summed E-state index contributed by atoms with van der Waals surface area (Å²) in [6, 6.07) is 19.8. The number of nitrogens with two attached hydrogens (primary N) is 1. The summed E-state index contributed by atoms with van der Waals surface area (Å²) in [6.45, 7) is 5.78. The fourth-order valence-corrected chi connectivity index (χ4v) is 4.65. The summed E-state index contributed by atoms with van der Waals surface area (Å²) in [6.07, 6.45) is 0. The minimum absolute atomic E-state index is 0.284. The van der Waals surface area contributed by atoms with E-state index in [1.807, 2.05) is 49.4 Å². The number of nitrogen functional groups attached to an aromatic ring is 1. The zero-order chi connectivity index (χ0) is 25.9. The number of imidazole rings is 1. The van der Waals surface area contributed by atoms with Gasteiger partial charge in [0, 0.05) is 47.5 Å². The maximum absolute atomic E-state index is 12.6. The molecule has 5 N–H and O–H groups in total. The van der Waals surface area contributed by atoms with Gasteiger partial charge in [0.15, 0.2) is 5.65 Å². The number of nitrogens with zero attached hydrogens (tertiary/aromatic N) is 3. The molecule has 9 nitrogen and oxygen atoms in total. The molecule has 0 saturated carbocycles. The van der Waals surface area contributed by atoms with E-state index < -0.39 is 6.04 Å². The Morgan fingerprint density at radius 1 is 1.11 bits per heavy atom. The first-order valence-electron chi connectivity index (χ1n) is 12.3. The first-order valence-corrected chi connectivity index (χ1v) is 12.3. The predicted molar refractivity (Wildman–Crippen MR) is 147 cm³/mol. The van der Waals surface area contributed by atoms with Crippen molar-refractivity contribution in [1.29, 1.82) is 0 Å². The van der Waals surface area contributed by atoms with Gasteiger partial charge in [0.25, 0.3) is 0 Å². The topological polar surface area (TPSA) is 125 Å². The Balaban J connectivity index is 1.36. The highest BCUT2D eigenvalue weighted by Crippen LogP contribution is 2.30. The quantitative estimate of drug-likeness (QED) is 0.225. The highest BCUT2D eigenvalue weighted by molar-refractivity contribution is 5.95. The van der Waals surface area contributed by atoms with Crippen molar-refractivity contribution in [2.24, 2.45) is 0 Å². The SMILES string of the molecule is CCN(C[C@@H](NCc1ccc2[nH]c(-c3cc(N)nc4nc(C)[nH]c34)cc2c1)C(=O)OC)c1ccccc1. The maximum atomic E-state index is 12.6. The predicted octanol–water partition coefficient (Wildman–Crippen LogP) is 4.15. The molecule has 1 atom stereocenters. The Morgan fingerprint density at radius 2 is 1.92 bits per heavy atom. The van der Waals surface area contributed by atoms with Crippen LogP contribution in [0.2, 0.25) is 0 Å². The van der Waals surface area contributed by atoms with Crippen molar-refractivity contribution >= 4 is 39.5 Å². The molecular weight excluding hydrogens is 466 g/mol. The number of para-hydroxylation sites is 1. The van der Waals surface area contributed by atoms with Gasteiger partial charge in [0.1, 0.15) is 17.7 Å². The van der Waals surface area contributed by atoms with Crippen LogP contribution >= 0.6 is 0 Å². The lowest BCUT2D eigenvalue weighted by molar-refractivity contribution is -0.142. The van der Waals surface area contributed by atoms with E-state index in [9.17, 15) is 4.79 Å². The monoisotopic (exact) mass is 497 g/mol. The van der Waals surface area contributed by atoms with Crippen molar-refractivity contribution in [2.75, 3.05) is 30.8 Å². The van der Waals surface area contributed by atoms with Gasteiger partial charge in [-0.1, -0.05) is 24.3 Å². The zero-order valence-electron chi connectivity index (χ0n) is 21.2. The standard InChI is InChI=1S/C28H31N7O2/c1-4-35(20-8-6-5-7-9-20)16-24(28(36)37-3)30-15-18-10-11-22-19(12-18)13-23(33-22)21-14-25(29)34-27-26(21)31-17(2)32-27/h5-14,24,30,33H,4,15-16H2,1-3H3,(H3,29,31,32,34)/t24-/m1/s1. The summed E-state index contributed by atoms with van der Waals surface area (Å²) in [4.78, 5) is 30.3. The summed E-state index contributed by atoms with van der Waals surface area (Å²) in [7, 11) is 1.42. The number of methoxy groups -OCH3 is 1. The molecule has 3 aromatic heterocycles. The van der Waals surface area contributed by atoms with Crippen LogP contribution in [-0.2, 0) is 16.1 Å².